The first-order valence-electron chi connectivity index (χ1n) is 4.82. The molecule has 0 saturated heterocycles. The molecule has 0 aromatic heterocycles. The Morgan fingerprint density at radius 3 is 2.50 bits per heavy atom. The first kappa shape index (κ1) is 10.8. The predicted octanol–water partition coefficient (Wildman–Crippen LogP) is 0.381. The van der Waals surface area contributed by atoms with E-state index in [0.29, 0.717) is 19.4 Å². The quantitative estimate of drug-likeness (QED) is 0.298. The number of nitrogens with zero attached hydrogens (tertiary/aromatic N) is 2. The van der Waals surface area contributed by atoms with Crippen LogP contribution in [0.1, 0.15) is 26.2 Å². The van der Waals surface area contributed by atoms with E-state index in [1.54, 1.807) is 11.9 Å². The molecule has 0 aromatic rings. The molecule has 14 heavy (non-hydrogen) atoms. The van der Waals surface area contributed by atoms with E-state index in [0.717, 1.165) is 6.42 Å². The van der Waals surface area contributed by atoms with E-state index in [1.165, 1.54) is 0 Å². The van der Waals surface area contributed by atoms with E-state index >= 15 is 0 Å². The largest absolute Gasteiger partial charge is 0.409 e. The van der Waals surface area contributed by atoms with Crippen molar-refractivity contribution in [3.05, 3.63) is 0 Å². The van der Waals surface area contributed by atoms with Gasteiger partial charge in [-0.1, -0.05) is 11.6 Å². The molecule has 0 atom stereocenters. The summed E-state index contributed by atoms with van der Waals surface area (Å²) in [6.07, 6.45) is 2.33. The van der Waals surface area contributed by atoms with E-state index in [9.17, 15) is 4.79 Å². The van der Waals surface area contributed by atoms with Gasteiger partial charge in [0, 0.05) is 13.6 Å². The number of carbonyl (C=O) groups is 1. The average molecular weight is 199 g/mol. The monoisotopic (exact) mass is 199 g/mol. The Balaban J connectivity index is 2.85. The van der Waals surface area contributed by atoms with Gasteiger partial charge in [-0.2, -0.15) is 0 Å². The first-order valence-corrected chi connectivity index (χ1v) is 4.82. The maximum Gasteiger partial charge on any atom is 0.236 e. The van der Waals surface area contributed by atoms with Gasteiger partial charge in [-0.3, -0.25) is 4.79 Å². The van der Waals surface area contributed by atoms with E-state index in [1.807, 2.05) is 6.92 Å². The molecular formula is C9H17N3O2. The fourth-order valence-electron chi connectivity index (χ4n) is 1.71. The average Bonchev–Trinajstić information content (AvgIpc) is 2.14. The second-order valence-electron chi connectivity index (χ2n) is 3.74. The van der Waals surface area contributed by atoms with Crippen LogP contribution in [0.25, 0.3) is 0 Å². The summed E-state index contributed by atoms with van der Waals surface area (Å²) in [6, 6.07) is 0. The maximum absolute atomic E-state index is 11.9. The lowest BCUT2D eigenvalue weighted by molar-refractivity contribution is -0.140. The zero-order valence-electron chi connectivity index (χ0n) is 8.66. The summed E-state index contributed by atoms with van der Waals surface area (Å²) in [7, 11) is 1.73. The number of amides is 1. The highest BCUT2D eigenvalue weighted by atomic mass is 16.4. The highest BCUT2D eigenvalue weighted by Gasteiger charge is 2.49. The summed E-state index contributed by atoms with van der Waals surface area (Å²) >= 11 is 0. The molecule has 0 aromatic carbocycles. The second kappa shape index (κ2) is 3.86. The highest BCUT2D eigenvalue weighted by Crippen LogP contribution is 2.42. The molecule has 1 aliphatic carbocycles. The van der Waals surface area contributed by atoms with Crippen molar-refractivity contribution in [2.24, 2.45) is 16.3 Å². The number of rotatable bonds is 3. The van der Waals surface area contributed by atoms with Crippen molar-refractivity contribution in [3.63, 3.8) is 0 Å². The zero-order chi connectivity index (χ0) is 10.8. The summed E-state index contributed by atoms with van der Waals surface area (Å²) < 4.78 is 0. The van der Waals surface area contributed by atoms with Crippen LogP contribution in [0.2, 0.25) is 0 Å². The Labute approximate surface area is 83.6 Å². The molecule has 80 valence electrons. The second-order valence-corrected chi connectivity index (χ2v) is 3.74. The van der Waals surface area contributed by atoms with Gasteiger partial charge in [-0.05, 0) is 19.8 Å². The van der Waals surface area contributed by atoms with Crippen LogP contribution < -0.4 is 5.73 Å². The van der Waals surface area contributed by atoms with Crippen LogP contribution in [0.15, 0.2) is 5.16 Å². The minimum Gasteiger partial charge on any atom is -0.409 e. The number of hydrogen-bond acceptors (Lipinski definition) is 3. The minimum absolute atomic E-state index is 0.0402. The zero-order valence-corrected chi connectivity index (χ0v) is 8.66. The van der Waals surface area contributed by atoms with Gasteiger partial charge in [0.05, 0.1) is 0 Å². The van der Waals surface area contributed by atoms with Gasteiger partial charge in [0.2, 0.25) is 5.91 Å². The molecule has 0 bridgehead atoms. The molecule has 0 heterocycles. The number of oxime groups is 1. The van der Waals surface area contributed by atoms with Crippen molar-refractivity contribution < 1.29 is 10.0 Å². The van der Waals surface area contributed by atoms with E-state index in [2.05, 4.69) is 5.16 Å². The van der Waals surface area contributed by atoms with Crippen LogP contribution >= 0.6 is 0 Å². The van der Waals surface area contributed by atoms with Crippen molar-refractivity contribution in [3.8, 4) is 0 Å². The van der Waals surface area contributed by atoms with Crippen LogP contribution in [0.5, 0.6) is 0 Å². The van der Waals surface area contributed by atoms with Crippen molar-refractivity contribution in [2.75, 3.05) is 13.6 Å². The molecule has 1 rings (SSSR count). The summed E-state index contributed by atoms with van der Waals surface area (Å²) in [4.78, 5) is 13.5. The fraction of sp³-hybridized carbons (Fsp3) is 0.778. The molecule has 5 heteroatoms. The standard InChI is InChI=1S/C9H17N3O2/c1-3-12(2)8(13)9(5-4-6-9)7(10)11-14/h14H,3-6H2,1-2H3,(H2,10,11). The molecule has 1 saturated carbocycles. The predicted molar refractivity (Wildman–Crippen MR) is 53.0 cm³/mol. The first-order chi connectivity index (χ1) is 6.58. The third kappa shape index (κ3) is 1.42. The lowest BCUT2D eigenvalue weighted by Gasteiger charge is -2.41. The third-order valence-corrected chi connectivity index (χ3v) is 3.04. The van der Waals surface area contributed by atoms with Gasteiger partial charge < -0.3 is 15.8 Å². The summed E-state index contributed by atoms with van der Waals surface area (Å²) in [6.45, 7) is 2.54. The Morgan fingerprint density at radius 2 is 2.21 bits per heavy atom. The maximum atomic E-state index is 11.9. The summed E-state index contributed by atoms with van der Waals surface area (Å²) in [5.74, 6) is 0.00981. The normalized spacial score (nSPS) is 20.0. The van der Waals surface area contributed by atoms with Gasteiger partial charge in [-0.25, -0.2) is 0 Å². The van der Waals surface area contributed by atoms with Gasteiger partial charge in [0.25, 0.3) is 0 Å². The Morgan fingerprint density at radius 1 is 1.64 bits per heavy atom. The smallest absolute Gasteiger partial charge is 0.236 e. The topological polar surface area (TPSA) is 78.9 Å². The lowest BCUT2D eigenvalue weighted by Crippen LogP contribution is -2.54. The lowest BCUT2D eigenvalue weighted by atomic mass is 9.67. The van der Waals surface area contributed by atoms with E-state index in [-0.39, 0.29) is 11.7 Å². The summed E-state index contributed by atoms with van der Waals surface area (Å²) in [5.41, 5.74) is 4.84. The van der Waals surface area contributed by atoms with Gasteiger partial charge in [0.1, 0.15) is 5.41 Å². The Bertz CT molecular complexity index is 259. The molecule has 0 radical (unpaired) electrons. The minimum atomic E-state index is -0.723. The van der Waals surface area contributed by atoms with Crippen LogP contribution in [-0.4, -0.2) is 35.4 Å². The van der Waals surface area contributed by atoms with Gasteiger partial charge in [-0.15, -0.1) is 0 Å². The van der Waals surface area contributed by atoms with Crippen LogP contribution in [-0.2, 0) is 4.79 Å². The van der Waals surface area contributed by atoms with Crippen LogP contribution in [0.3, 0.4) is 0 Å². The molecule has 1 fully saturated rings. The van der Waals surface area contributed by atoms with Gasteiger partial charge >= 0.3 is 0 Å². The van der Waals surface area contributed by atoms with Crippen molar-refractivity contribution in [2.45, 2.75) is 26.2 Å². The Kier molecular flexibility index (Phi) is 2.98. The van der Waals surface area contributed by atoms with Crippen molar-refractivity contribution >= 4 is 11.7 Å². The molecule has 0 aliphatic heterocycles. The molecular weight excluding hydrogens is 182 g/mol. The van der Waals surface area contributed by atoms with Gasteiger partial charge in [0.15, 0.2) is 5.84 Å². The van der Waals surface area contributed by atoms with Crippen LogP contribution in [0, 0.1) is 5.41 Å². The van der Waals surface area contributed by atoms with Crippen molar-refractivity contribution in [1.82, 2.24) is 4.90 Å². The number of carbonyl (C=O) groups excluding carboxylic acids is 1. The molecule has 3 N–H and O–H groups in total. The fourth-order valence-corrected chi connectivity index (χ4v) is 1.71. The molecule has 0 unspecified atom stereocenters. The third-order valence-electron chi connectivity index (χ3n) is 3.04. The number of hydrogen-bond donors (Lipinski definition) is 2. The highest BCUT2D eigenvalue weighted by molar-refractivity contribution is 6.07. The summed E-state index contributed by atoms with van der Waals surface area (Å²) in [5, 5.41) is 11.6. The molecule has 5 nitrogen and oxygen atoms in total. The van der Waals surface area contributed by atoms with Crippen LogP contribution in [0.4, 0.5) is 0 Å². The molecule has 1 amide bonds. The van der Waals surface area contributed by atoms with E-state index < -0.39 is 5.41 Å². The molecule has 0 spiro atoms. The number of amidine groups is 1. The Hall–Kier alpha value is -1.26. The SMILES string of the molecule is CCN(C)C(=O)C1(C(N)=NO)CCC1. The van der Waals surface area contributed by atoms with E-state index in [4.69, 9.17) is 10.9 Å². The molecule has 1 aliphatic rings. The van der Waals surface area contributed by atoms with Crippen molar-refractivity contribution in [1.29, 1.82) is 0 Å². The number of nitrogens with two attached hydrogens (primary N) is 1.